The molecule has 2 heterocycles. The molecular formula is C19H23N5O. The van der Waals surface area contributed by atoms with Gasteiger partial charge in [0.25, 0.3) is 0 Å². The maximum Gasteiger partial charge on any atom is 0.244 e. The van der Waals surface area contributed by atoms with E-state index in [0.29, 0.717) is 0 Å². The summed E-state index contributed by atoms with van der Waals surface area (Å²) >= 11 is 0. The van der Waals surface area contributed by atoms with E-state index in [1.807, 2.05) is 36.4 Å². The number of amides is 1. The number of benzene rings is 1. The van der Waals surface area contributed by atoms with E-state index in [-0.39, 0.29) is 23.9 Å². The number of hydrogen-bond donors (Lipinski definition) is 1. The molecule has 0 radical (unpaired) electrons. The number of fused-ring (bicyclic) bond motifs is 1. The number of pyridine rings is 1. The van der Waals surface area contributed by atoms with Crippen molar-refractivity contribution >= 4 is 16.9 Å². The van der Waals surface area contributed by atoms with Crippen LogP contribution in [0.25, 0.3) is 11.0 Å². The first-order valence-electron chi connectivity index (χ1n) is 8.40. The van der Waals surface area contributed by atoms with Crippen molar-refractivity contribution in [2.24, 2.45) is 5.41 Å². The number of aromatic nitrogens is 4. The third-order valence-corrected chi connectivity index (χ3v) is 3.85. The van der Waals surface area contributed by atoms with Gasteiger partial charge in [0.1, 0.15) is 17.6 Å². The van der Waals surface area contributed by atoms with Crippen LogP contribution in [0.1, 0.15) is 38.8 Å². The second-order valence-corrected chi connectivity index (χ2v) is 7.39. The van der Waals surface area contributed by atoms with Crippen molar-refractivity contribution < 1.29 is 4.79 Å². The summed E-state index contributed by atoms with van der Waals surface area (Å²) in [5.74, 6) is -0.113. The number of nitrogens with zero attached hydrogens (tertiary/aromatic N) is 4. The van der Waals surface area contributed by atoms with Gasteiger partial charge in [0.2, 0.25) is 5.91 Å². The minimum atomic E-state index is -0.113. The molecule has 0 aliphatic heterocycles. The van der Waals surface area contributed by atoms with Crippen LogP contribution in [0.5, 0.6) is 0 Å². The van der Waals surface area contributed by atoms with Crippen LogP contribution < -0.4 is 5.32 Å². The molecule has 2 aromatic heterocycles. The van der Waals surface area contributed by atoms with Gasteiger partial charge >= 0.3 is 0 Å². The van der Waals surface area contributed by atoms with Gasteiger partial charge in [0.15, 0.2) is 0 Å². The van der Waals surface area contributed by atoms with Crippen LogP contribution in [-0.4, -0.2) is 25.9 Å². The molecule has 0 spiro atoms. The van der Waals surface area contributed by atoms with Crippen LogP contribution in [-0.2, 0) is 11.3 Å². The van der Waals surface area contributed by atoms with Crippen LogP contribution in [0.2, 0.25) is 0 Å². The van der Waals surface area contributed by atoms with E-state index in [0.717, 1.165) is 23.0 Å². The highest BCUT2D eigenvalue weighted by Crippen LogP contribution is 2.29. The lowest BCUT2D eigenvalue weighted by Gasteiger charge is -2.27. The lowest BCUT2D eigenvalue weighted by Crippen LogP contribution is -2.34. The van der Waals surface area contributed by atoms with E-state index >= 15 is 0 Å². The van der Waals surface area contributed by atoms with Gasteiger partial charge in [-0.15, -0.1) is 0 Å². The highest BCUT2D eigenvalue weighted by atomic mass is 16.2. The van der Waals surface area contributed by atoms with Gasteiger partial charge in [-0.1, -0.05) is 39.0 Å². The molecular weight excluding hydrogens is 314 g/mol. The summed E-state index contributed by atoms with van der Waals surface area (Å²) < 4.78 is 0. The van der Waals surface area contributed by atoms with E-state index in [1.165, 1.54) is 4.80 Å². The zero-order valence-corrected chi connectivity index (χ0v) is 14.8. The molecule has 1 aromatic carbocycles. The Labute approximate surface area is 147 Å². The lowest BCUT2D eigenvalue weighted by molar-refractivity contribution is -0.123. The lowest BCUT2D eigenvalue weighted by atomic mass is 9.86. The Balaban J connectivity index is 1.73. The molecule has 0 fully saturated rings. The summed E-state index contributed by atoms with van der Waals surface area (Å²) in [5, 5.41) is 11.8. The summed E-state index contributed by atoms with van der Waals surface area (Å²) in [7, 11) is 0. The smallest absolute Gasteiger partial charge is 0.244 e. The first-order chi connectivity index (χ1) is 11.9. The number of rotatable bonds is 5. The quantitative estimate of drug-likeness (QED) is 0.776. The van der Waals surface area contributed by atoms with Crippen LogP contribution in [0.3, 0.4) is 0 Å². The maximum atomic E-state index is 12.5. The van der Waals surface area contributed by atoms with Crippen molar-refractivity contribution in [3.05, 3.63) is 54.4 Å². The number of carbonyl (C=O) groups excluding carboxylic acids is 1. The normalized spacial score (nSPS) is 12.9. The van der Waals surface area contributed by atoms with E-state index in [2.05, 4.69) is 41.3 Å². The molecule has 1 unspecified atom stereocenters. The molecule has 0 aliphatic carbocycles. The monoisotopic (exact) mass is 337 g/mol. The second kappa shape index (κ2) is 7.01. The largest absolute Gasteiger partial charge is 0.348 e. The van der Waals surface area contributed by atoms with Gasteiger partial charge < -0.3 is 5.32 Å². The van der Waals surface area contributed by atoms with E-state index < -0.39 is 0 Å². The fourth-order valence-corrected chi connectivity index (χ4v) is 2.79. The molecule has 3 aromatic rings. The zero-order chi connectivity index (χ0) is 17.9. The Morgan fingerprint density at radius 3 is 2.36 bits per heavy atom. The van der Waals surface area contributed by atoms with Crippen LogP contribution in [0.4, 0.5) is 0 Å². The Morgan fingerprint density at radius 1 is 1.12 bits per heavy atom. The highest BCUT2D eigenvalue weighted by molar-refractivity contribution is 5.77. The maximum absolute atomic E-state index is 12.5. The third kappa shape index (κ3) is 4.62. The van der Waals surface area contributed by atoms with Crippen molar-refractivity contribution in [3.63, 3.8) is 0 Å². The molecule has 130 valence electrons. The Hall–Kier alpha value is -2.76. The van der Waals surface area contributed by atoms with Crippen molar-refractivity contribution in [1.82, 2.24) is 25.3 Å². The second-order valence-electron chi connectivity index (χ2n) is 7.39. The Kier molecular flexibility index (Phi) is 4.79. The summed E-state index contributed by atoms with van der Waals surface area (Å²) in [5.41, 5.74) is 2.65. The fourth-order valence-electron chi connectivity index (χ4n) is 2.79. The summed E-state index contributed by atoms with van der Waals surface area (Å²) in [4.78, 5) is 18.1. The standard InChI is InChI=1S/C19H23N5O/c1-19(2,3)11-17(14-7-6-10-20-12-14)21-18(25)13-24-22-15-8-4-5-9-16(15)23-24/h4-10,12,17H,11,13H2,1-3H3,(H,21,25). The number of hydrogen-bond acceptors (Lipinski definition) is 4. The van der Waals surface area contributed by atoms with Gasteiger partial charge in [-0.3, -0.25) is 9.78 Å². The predicted octanol–water partition coefficient (Wildman–Crippen LogP) is 3.12. The predicted molar refractivity (Wildman–Crippen MR) is 96.7 cm³/mol. The molecule has 6 heteroatoms. The molecule has 0 saturated carbocycles. The van der Waals surface area contributed by atoms with Gasteiger partial charge in [-0.2, -0.15) is 15.0 Å². The molecule has 1 amide bonds. The highest BCUT2D eigenvalue weighted by Gasteiger charge is 2.22. The molecule has 25 heavy (non-hydrogen) atoms. The van der Waals surface area contributed by atoms with Crippen LogP contribution in [0, 0.1) is 5.41 Å². The third-order valence-electron chi connectivity index (χ3n) is 3.85. The van der Waals surface area contributed by atoms with Gasteiger partial charge in [0.05, 0.1) is 6.04 Å². The fraction of sp³-hybridized carbons (Fsp3) is 0.368. The topological polar surface area (TPSA) is 72.7 Å². The van der Waals surface area contributed by atoms with Crippen molar-refractivity contribution in [2.45, 2.75) is 39.8 Å². The first-order valence-corrected chi connectivity index (χ1v) is 8.40. The van der Waals surface area contributed by atoms with Crippen LogP contribution in [0.15, 0.2) is 48.8 Å². The molecule has 0 bridgehead atoms. The average Bonchev–Trinajstić information content (AvgIpc) is 2.95. The molecule has 1 N–H and O–H groups in total. The Morgan fingerprint density at radius 2 is 1.80 bits per heavy atom. The number of carbonyl (C=O) groups is 1. The number of nitrogens with one attached hydrogen (secondary N) is 1. The Bertz CT molecular complexity index is 818. The molecule has 0 aliphatic rings. The summed E-state index contributed by atoms with van der Waals surface area (Å²) in [6.45, 7) is 6.56. The van der Waals surface area contributed by atoms with E-state index in [9.17, 15) is 4.79 Å². The first kappa shape index (κ1) is 17.1. The van der Waals surface area contributed by atoms with E-state index in [1.54, 1.807) is 12.4 Å². The van der Waals surface area contributed by atoms with Gasteiger partial charge in [-0.05, 0) is 35.6 Å². The molecule has 1 atom stereocenters. The zero-order valence-electron chi connectivity index (χ0n) is 14.8. The van der Waals surface area contributed by atoms with Gasteiger partial charge in [0, 0.05) is 12.4 Å². The van der Waals surface area contributed by atoms with Crippen molar-refractivity contribution in [3.8, 4) is 0 Å². The van der Waals surface area contributed by atoms with Gasteiger partial charge in [-0.25, -0.2) is 0 Å². The molecule has 0 saturated heterocycles. The SMILES string of the molecule is CC(C)(C)CC(NC(=O)Cn1nc2ccccc2n1)c1cccnc1. The summed E-state index contributed by atoms with van der Waals surface area (Å²) in [6, 6.07) is 11.4. The average molecular weight is 337 g/mol. The minimum absolute atomic E-state index is 0.0758. The van der Waals surface area contributed by atoms with Crippen molar-refractivity contribution in [2.75, 3.05) is 0 Å². The molecule has 6 nitrogen and oxygen atoms in total. The minimum Gasteiger partial charge on any atom is -0.348 e. The van der Waals surface area contributed by atoms with Crippen molar-refractivity contribution in [1.29, 1.82) is 0 Å². The molecule has 3 rings (SSSR count). The van der Waals surface area contributed by atoms with Crippen LogP contribution >= 0.6 is 0 Å². The summed E-state index contributed by atoms with van der Waals surface area (Å²) in [6.07, 6.45) is 4.36. The van der Waals surface area contributed by atoms with E-state index in [4.69, 9.17) is 0 Å².